The molecule has 0 radical (unpaired) electrons. The first-order valence-corrected chi connectivity index (χ1v) is 38.7. The molecular weight excluding hydrogens is 1630 g/mol. The van der Waals surface area contributed by atoms with Crippen LogP contribution in [0.25, 0.3) is 128 Å². The van der Waals surface area contributed by atoms with Gasteiger partial charge in [0.25, 0.3) is 11.2 Å². The van der Waals surface area contributed by atoms with Crippen LogP contribution in [-0.4, -0.2) is 116 Å². The second-order valence-electron chi connectivity index (χ2n) is 27.9. The van der Waals surface area contributed by atoms with Gasteiger partial charge in [0.1, 0.15) is 58.7 Å². The highest BCUT2D eigenvalue weighted by molar-refractivity contribution is 6.31. The molecule has 18 aromatic rings. The molecule has 123 heavy (non-hydrogen) atoms. The molecule has 7 N–H and O–H groups in total. The number of nitro groups is 1. The molecule has 1 aliphatic rings. The molecule has 0 unspecified atom stereocenters. The van der Waals surface area contributed by atoms with Gasteiger partial charge < -0.3 is 36.1 Å². The third kappa shape index (κ3) is 18.3. The van der Waals surface area contributed by atoms with Crippen molar-refractivity contribution in [3.8, 4) is 61.8 Å². The summed E-state index contributed by atoms with van der Waals surface area (Å²) in [5.41, 5.74) is 12.7. The van der Waals surface area contributed by atoms with Gasteiger partial charge in [0.05, 0.1) is 67.2 Å². The van der Waals surface area contributed by atoms with Crippen LogP contribution in [-0.2, 0) is 0 Å². The van der Waals surface area contributed by atoms with Gasteiger partial charge in [-0.15, -0.1) is 0 Å². The minimum atomic E-state index is -0.739. The average Bonchev–Trinajstić information content (AvgIpc) is 1.72. The number of fused-ring (bicyclic) bond motifs is 6. The number of pyridine rings is 12. The fourth-order valence-corrected chi connectivity index (χ4v) is 14.5. The van der Waals surface area contributed by atoms with Gasteiger partial charge in [0.15, 0.2) is 22.6 Å². The molecule has 0 spiro atoms. The number of nitrogens with zero attached hydrogens (tertiary/aromatic N) is 16. The van der Waals surface area contributed by atoms with E-state index in [1.165, 1.54) is 80.4 Å². The van der Waals surface area contributed by atoms with E-state index in [1.54, 1.807) is 121 Å². The Bertz CT molecular complexity index is 7170. The van der Waals surface area contributed by atoms with E-state index in [2.05, 4.69) is 103 Å². The maximum atomic E-state index is 14.5. The van der Waals surface area contributed by atoms with Crippen LogP contribution >= 0.6 is 23.2 Å². The Morgan fingerprint density at radius 1 is 0.512 bits per heavy atom. The summed E-state index contributed by atoms with van der Waals surface area (Å²) in [6.45, 7) is 6.44. The van der Waals surface area contributed by atoms with Crippen LogP contribution < -0.4 is 32.6 Å². The predicted molar refractivity (Wildman–Crippen MR) is 462 cm³/mol. The highest BCUT2D eigenvalue weighted by Gasteiger charge is 2.25. The van der Waals surface area contributed by atoms with Gasteiger partial charge in [-0.3, -0.25) is 30.2 Å². The van der Waals surface area contributed by atoms with E-state index in [0.29, 0.717) is 106 Å². The molecule has 19 rings (SSSR count). The van der Waals surface area contributed by atoms with Crippen molar-refractivity contribution in [2.75, 3.05) is 47.4 Å². The van der Waals surface area contributed by atoms with Crippen LogP contribution in [0.15, 0.2) is 255 Å². The fraction of sp³-hybridized carbons (Fsp3) is 0.0899. The molecular formula is C89H64Cl2F6N22O4. The van der Waals surface area contributed by atoms with Crippen molar-refractivity contribution in [3.05, 3.63) is 316 Å². The predicted octanol–water partition coefficient (Wildman–Crippen LogP) is 19.8. The molecule has 0 bridgehead atoms. The van der Waals surface area contributed by atoms with Gasteiger partial charge in [-0.2, -0.15) is 0 Å². The number of primary amides is 1. The van der Waals surface area contributed by atoms with Crippen LogP contribution in [0.4, 0.5) is 71.3 Å². The lowest BCUT2D eigenvalue weighted by Crippen LogP contribution is -2.35. The Balaban J connectivity index is 0.000000122. The van der Waals surface area contributed by atoms with Crippen LogP contribution in [0, 0.1) is 50.9 Å². The molecule has 14 aromatic heterocycles. The molecule has 15 heterocycles. The summed E-state index contributed by atoms with van der Waals surface area (Å²) in [5.74, 6) is -1.01. The van der Waals surface area contributed by atoms with Crippen molar-refractivity contribution in [2.24, 2.45) is 11.7 Å². The van der Waals surface area contributed by atoms with E-state index < -0.39 is 45.9 Å². The van der Waals surface area contributed by atoms with Crippen molar-refractivity contribution >= 4 is 135 Å². The number of anilines is 6. The minimum absolute atomic E-state index is 0.0198. The lowest BCUT2D eigenvalue weighted by Gasteiger charge is -2.31. The average molecular weight is 1690 g/mol. The molecule has 1 aliphatic heterocycles. The van der Waals surface area contributed by atoms with Gasteiger partial charge in [-0.1, -0.05) is 30.1 Å². The number of benzene rings is 4. The Labute approximate surface area is 703 Å². The first-order valence-electron chi connectivity index (χ1n) is 38.0. The summed E-state index contributed by atoms with van der Waals surface area (Å²) >= 11 is 12.1. The van der Waals surface area contributed by atoms with Crippen LogP contribution in [0.5, 0.6) is 0 Å². The van der Waals surface area contributed by atoms with E-state index in [0.717, 1.165) is 95.7 Å². The Kier molecular flexibility index (Phi) is 23.8. The van der Waals surface area contributed by atoms with E-state index in [4.69, 9.17) is 28.9 Å². The summed E-state index contributed by atoms with van der Waals surface area (Å²) in [4.78, 5) is 95.4. The molecule has 4 aromatic carbocycles. The maximum absolute atomic E-state index is 14.5. The SMILES string of the molecule is CCN1CCC(CNc2cc(Nc3cc(-c4cc(F)ccc4F)nc4ncccc34)ncn2)CC1.NC(=O)Nc1cc(Nc2cc(-c3cc(F)ccc3F)nc3ncccc23)ccn1.O=[N+]([O-])c1cn(-c2cc(-c3cc(Cl)ccc3F)nc3ncccc23)c2ccncc12.O=c1[nH]cc(-c2cc(-c3cc(Cl)ccc3F)nc3ncccc23)c2ccncc12. The number of H-pyrrole nitrogens is 1. The molecule has 1 saturated heterocycles. The number of aromatic nitrogens is 15. The minimum Gasteiger partial charge on any atom is -0.370 e. The molecule has 34 heteroatoms. The number of urea groups is 1. The number of amides is 2. The summed E-state index contributed by atoms with van der Waals surface area (Å²) in [6.07, 6.45) is 20.9. The summed E-state index contributed by atoms with van der Waals surface area (Å²) < 4.78 is 87.0. The number of rotatable bonds is 16. The Morgan fingerprint density at radius 2 is 1.03 bits per heavy atom. The number of hydrogen-bond acceptors (Lipinski definition) is 21. The molecule has 0 atom stereocenters. The zero-order valence-electron chi connectivity index (χ0n) is 64.4. The second kappa shape index (κ2) is 36.0. The highest BCUT2D eigenvalue weighted by atomic mass is 35.5. The normalized spacial score (nSPS) is 12.1. The van der Waals surface area contributed by atoms with Crippen molar-refractivity contribution < 1.29 is 36.1 Å². The Morgan fingerprint density at radius 3 is 1.63 bits per heavy atom. The van der Waals surface area contributed by atoms with Crippen LogP contribution in [0.3, 0.4) is 0 Å². The fourth-order valence-electron chi connectivity index (χ4n) is 14.2. The lowest BCUT2D eigenvalue weighted by atomic mass is 9.97. The summed E-state index contributed by atoms with van der Waals surface area (Å²) in [7, 11) is 0. The number of halogens is 8. The number of hydrogen-bond donors (Lipinski definition) is 6. The maximum Gasteiger partial charge on any atom is 0.317 e. The van der Waals surface area contributed by atoms with Crippen molar-refractivity contribution in [3.63, 3.8) is 0 Å². The number of nitrogens with two attached hydrogens (primary N) is 1. The molecule has 1 fully saturated rings. The largest absolute Gasteiger partial charge is 0.370 e. The molecule has 0 saturated carbocycles. The standard InChI is InChI=1S/C26H27F2N7.C22H12ClFN4O.C21H11ClFN5O2.C20H14F2N6O/c1-2-35-10-7-17(8-11-35)15-30-24-14-25(32-16-31-24)33-22-13-23(20-12-18(27)5-6-21(20)28)34-26-19(22)4-3-9-29-26;23-12-3-4-19(24)16(8-12)20-9-15(14-2-1-6-26-21(14)28-20)17-11-27-22(29)18-10-25-7-5-13(17)18;22-12-3-4-16(23)14(8-12)17-9-19(13-2-1-6-25-21(13)26-17)27-11-20(28(29)30)15-10-24-7-5-18(15)27;21-11-3-4-15(22)14(8-11)17-10-16(13-2-1-6-25-19(13)27-17)26-12-5-7-24-18(9-12)28-20(23)29/h3-6,9,12-14,16-17H,2,7-8,10-11,15H2,1H3,(H2,29,30,31,32,33,34);1-11H,(H,27,29);1-11H;1-10H,(H4,23,24,25,26,27,28,29). The zero-order chi connectivity index (χ0) is 85.4. The number of likely N-dealkylation sites (tertiary alicyclic amines) is 1. The number of piperidine rings is 1. The van der Waals surface area contributed by atoms with Gasteiger partial charge in [-0.05, 0) is 213 Å². The van der Waals surface area contributed by atoms with Crippen LogP contribution in [0.2, 0.25) is 10.0 Å². The number of carbonyl (C=O) groups is 1. The van der Waals surface area contributed by atoms with E-state index in [9.17, 15) is 46.0 Å². The first kappa shape index (κ1) is 81.3. The molecule has 26 nitrogen and oxygen atoms in total. The third-order valence-electron chi connectivity index (χ3n) is 20.1. The molecule has 610 valence electrons. The van der Waals surface area contributed by atoms with Crippen molar-refractivity contribution in [1.82, 2.24) is 79.2 Å². The van der Waals surface area contributed by atoms with Gasteiger partial charge in [0.2, 0.25) is 0 Å². The van der Waals surface area contributed by atoms with Crippen molar-refractivity contribution in [2.45, 2.75) is 19.8 Å². The van der Waals surface area contributed by atoms with Crippen molar-refractivity contribution in [1.29, 1.82) is 0 Å². The monoisotopic (exact) mass is 1690 g/mol. The second-order valence-corrected chi connectivity index (χ2v) is 28.8. The molecule has 2 amide bonds. The summed E-state index contributed by atoms with van der Waals surface area (Å²) in [6, 6.07) is 44.0. The quantitative estimate of drug-likeness (QED) is 0.0297. The zero-order valence-corrected chi connectivity index (χ0v) is 65.9. The van der Waals surface area contributed by atoms with Gasteiger partial charge in [-0.25, -0.2) is 86.0 Å². The van der Waals surface area contributed by atoms with E-state index in [1.807, 2.05) is 30.3 Å². The molecule has 0 aliphatic carbocycles. The third-order valence-corrected chi connectivity index (χ3v) is 20.6. The number of aromatic amines is 1. The topological polar surface area (TPSA) is 343 Å². The summed E-state index contributed by atoms with van der Waals surface area (Å²) in [5, 5.41) is 29.1. The van der Waals surface area contributed by atoms with E-state index >= 15 is 0 Å². The number of nitrogens with one attached hydrogen (secondary N) is 5. The number of carbonyl (C=O) groups excluding carboxylic acids is 1. The van der Waals surface area contributed by atoms with Gasteiger partial charge in [0, 0.05) is 146 Å². The smallest absolute Gasteiger partial charge is 0.317 e. The first-order chi connectivity index (χ1) is 59.7. The highest BCUT2D eigenvalue weighted by Crippen LogP contribution is 2.40. The van der Waals surface area contributed by atoms with Crippen LogP contribution in [0.1, 0.15) is 19.8 Å². The van der Waals surface area contributed by atoms with Gasteiger partial charge >= 0.3 is 6.03 Å². The van der Waals surface area contributed by atoms with E-state index in [-0.39, 0.29) is 50.7 Å². The Hall–Kier alpha value is -15.4. The lowest BCUT2D eigenvalue weighted by molar-refractivity contribution is -0.383.